The Labute approximate surface area is 92.7 Å². The van der Waals surface area contributed by atoms with E-state index in [2.05, 4.69) is 36.1 Å². The van der Waals surface area contributed by atoms with Crippen molar-refractivity contribution in [3.8, 4) is 0 Å². The highest BCUT2D eigenvalue weighted by molar-refractivity contribution is 5.08. The van der Waals surface area contributed by atoms with Crippen LogP contribution in [-0.4, -0.2) is 36.6 Å². The van der Waals surface area contributed by atoms with Gasteiger partial charge in [0, 0.05) is 25.5 Å². The summed E-state index contributed by atoms with van der Waals surface area (Å²) in [7, 11) is 2.18. The maximum Gasteiger partial charge on any atom is 0.00378 e. The molecule has 0 fully saturated rings. The number of aromatic amines is 1. The number of nitrogens with zero attached hydrogens (tertiary/aromatic N) is 1. The number of nitrogens with two attached hydrogens (primary N) is 1. The van der Waals surface area contributed by atoms with Gasteiger partial charge in [-0.25, -0.2) is 0 Å². The third-order valence-corrected chi connectivity index (χ3v) is 2.73. The van der Waals surface area contributed by atoms with Gasteiger partial charge in [0.05, 0.1) is 0 Å². The molecule has 1 rings (SSSR count). The molecule has 1 unspecified atom stereocenters. The van der Waals surface area contributed by atoms with Gasteiger partial charge in [0.2, 0.25) is 0 Å². The van der Waals surface area contributed by atoms with Crippen molar-refractivity contribution in [3.05, 3.63) is 24.0 Å². The lowest BCUT2D eigenvalue weighted by Crippen LogP contribution is -2.27. The average molecular weight is 209 g/mol. The van der Waals surface area contributed by atoms with Crippen LogP contribution >= 0.6 is 0 Å². The molecular formula is C12H23N3. The highest BCUT2D eigenvalue weighted by Gasteiger charge is 2.05. The molecule has 1 atom stereocenters. The monoisotopic (exact) mass is 209 g/mol. The summed E-state index contributed by atoms with van der Waals surface area (Å²) in [6.07, 6.45) is 6.29. The van der Waals surface area contributed by atoms with Crippen molar-refractivity contribution in [3.63, 3.8) is 0 Å². The maximum absolute atomic E-state index is 5.53. The van der Waals surface area contributed by atoms with E-state index >= 15 is 0 Å². The van der Waals surface area contributed by atoms with Gasteiger partial charge >= 0.3 is 0 Å². The molecule has 1 aromatic heterocycles. The van der Waals surface area contributed by atoms with Crippen molar-refractivity contribution in [2.45, 2.75) is 19.8 Å². The highest BCUT2D eigenvalue weighted by Crippen LogP contribution is 2.04. The number of H-pyrrole nitrogens is 1. The predicted molar refractivity (Wildman–Crippen MR) is 64.8 cm³/mol. The molecule has 0 radical (unpaired) electrons. The SMILES string of the molecule is CC(CCN)CN(C)CCc1cc[nH]c1. The van der Waals surface area contributed by atoms with Gasteiger partial charge in [0.25, 0.3) is 0 Å². The normalized spacial score (nSPS) is 13.3. The summed E-state index contributed by atoms with van der Waals surface area (Å²) in [6.45, 7) is 5.32. The van der Waals surface area contributed by atoms with Crippen LogP contribution in [0.2, 0.25) is 0 Å². The summed E-state index contributed by atoms with van der Waals surface area (Å²) >= 11 is 0. The Kier molecular flexibility index (Phi) is 5.43. The van der Waals surface area contributed by atoms with E-state index in [1.54, 1.807) is 0 Å². The van der Waals surface area contributed by atoms with Crippen molar-refractivity contribution in [1.82, 2.24) is 9.88 Å². The quantitative estimate of drug-likeness (QED) is 0.714. The van der Waals surface area contributed by atoms with Gasteiger partial charge in [0.15, 0.2) is 0 Å². The fourth-order valence-corrected chi connectivity index (χ4v) is 1.83. The summed E-state index contributed by atoms with van der Waals surface area (Å²) in [4.78, 5) is 5.46. The van der Waals surface area contributed by atoms with Gasteiger partial charge in [-0.15, -0.1) is 0 Å². The maximum atomic E-state index is 5.53. The number of hydrogen-bond donors (Lipinski definition) is 2. The summed E-state index contributed by atoms with van der Waals surface area (Å²) in [6, 6.07) is 2.14. The van der Waals surface area contributed by atoms with Crippen molar-refractivity contribution >= 4 is 0 Å². The molecule has 3 nitrogen and oxygen atoms in total. The smallest absolute Gasteiger partial charge is 0.00378 e. The van der Waals surface area contributed by atoms with Crippen LogP contribution < -0.4 is 5.73 Å². The van der Waals surface area contributed by atoms with Gasteiger partial charge in [-0.3, -0.25) is 0 Å². The van der Waals surface area contributed by atoms with E-state index in [1.165, 1.54) is 5.56 Å². The Hall–Kier alpha value is -0.800. The molecule has 0 spiro atoms. The zero-order chi connectivity index (χ0) is 11.1. The molecule has 0 aliphatic carbocycles. The molecule has 3 heteroatoms. The molecule has 0 amide bonds. The highest BCUT2D eigenvalue weighted by atomic mass is 15.1. The van der Waals surface area contributed by atoms with Crippen LogP contribution in [0.3, 0.4) is 0 Å². The second-order valence-electron chi connectivity index (χ2n) is 4.41. The molecule has 1 aromatic rings. The van der Waals surface area contributed by atoms with E-state index in [4.69, 9.17) is 5.73 Å². The number of rotatable bonds is 7. The Balaban J connectivity index is 2.15. The zero-order valence-electron chi connectivity index (χ0n) is 9.87. The first-order chi connectivity index (χ1) is 7.22. The second kappa shape index (κ2) is 6.64. The molecule has 0 bridgehead atoms. The molecule has 15 heavy (non-hydrogen) atoms. The standard InChI is InChI=1S/C12H23N3/c1-11(3-6-13)10-15(2)8-5-12-4-7-14-9-12/h4,7,9,11,14H,3,5-6,8,10,13H2,1-2H3. The second-order valence-corrected chi connectivity index (χ2v) is 4.41. The first-order valence-corrected chi connectivity index (χ1v) is 5.72. The van der Waals surface area contributed by atoms with E-state index in [0.717, 1.165) is 32.5 Å². The Bertz CT molecular complexity index is 243. The summed E-state index contributed by atoms with van der Waals surface area (Å²) in [5.74, 6) is 0.700. The fourth-order valence-electron chi connectivity index (χ4n) is 1.83. The topological polar surface area (TPSA) is 45.0 Å². The Morgan fingerprint density at radius 3 is 2.93 bits per heavy atom. The molecule has 0 saturated carbocycles. The molecule has 0 aliphatic rings. The van der Waals surface area contributed by atoms with Gasteiger partial charge < -0.3 is 15.6 Å². The molecule has 0 aliphatic heterocycles. The molecule has 0 saturated heterocycles. The lowest BCUT2D eigenvalue weighted by Gasteiger charge is -2.20. The fraction of sp³-hybridized carbons (Fsp3) is 0.667. The van der Waals surface area contributed by atoms with Crippen molar-refractivity contribution < 1.29 is 0 Å². The number of hydrogen-bond acceptors (Lipinski definition) is 2. The summed E-state index contributed by atoms with van der Waals surface area (Å²) < 4.78 is 0. The molecule has 1 heterocycles. The number of nitrogens with one attached hydrogen (secondary N) is 1. The minimum atomic E-state index is 0.700. The van der Waals surface area contributed by atoms with E-state index in [-0.39, 0.29) is 0 Å². The largest absolute Gasteiger partial charge is 0.367 e. The number of likely N-dealkylation sites (N-methyl/N-ethyl adjacent to an activating group) is 1. The minimum Gasteiger partial charge on any atom is -0.367 e. The van der Waals surface area contributed by atoms with Crippen LogP contribution in [0.5, 0.6) is 0 Å². The number of aromatic nitrogens is 1. The van der Waals surface area contributed by atoms with E-state index < -0.39 is 0 Å². The minimum absolute atomic E-state index is 0.700. The zero-order valence-corrected chi connectivity index (χ0v) is 9.87. The van der Waals surface area contributed by atoms with Gasteiger partial charge in [-0.1, -0.05) is 6.92 Å². The van der Waals surface area contributed by atoms with Gasteiger partial charge in [0.1, 0.15) is 0 Å². The van der Waals surface area contributed by atoms with Crippen molar-refractivity contribution in [2.75, 3.05) is 26.7 Å². The lowest BCUT2D eigenvalue weighted by atomic mass is 10.1. The third-order valence-electron chi connectivity index (χ3n) is 2.73. The molecule has 3 N–H and O–H groups in total. The summed E-state index contributed by atoms with van der Waals surface area (Å²) in [5.41, 5.74) is 6.92. The van der Waals surface area contributed by atoms with Crippen LogP contribution in [0.4, 0.5) is 0 Å². The Morgan fingerprint density at radius 1 is 1.53 bits per heavy atom. The van der Waals surface area contributed by atoms with E-state index in [9.17, 15) is 0 Å². The molecular weight excluding hydrogens is 186 g/mol. The van der Waals surface area contributed by atoms with Crippen molar-refractivity contribution in [1.29, 1.82) is 0 Å². The predicted octanol–water partition coefficient (Wildman–Crippen LogP) is 1.47. The van der Waals surface area contributed by atoms with Crippen LogP contribution in [0.25, 0.3) is 0 Å². The van der Waals surface area contributed by atoms with Crippen LogP contribution in [0.15, 0.2) is 18.5 Å². The Morgan fingerprint density at radius 2 is 2.33 bits per heavy atom. The molecule has 86 valence electrons. The average Bonchev–Trinajstić information content (AvgIpc) is 2.67. The van der Waals surface area contributed by atoms with Crippen molar-refractivity contribution in [2.24, 2.45) is 11.7 Å². The van der Waals surface area contributed by atoms with Crippen LogP contribution in [-0.2, 0) is 6.42 Å². The van der Waals surface area contributed by atoms with Crippen LogP contribution in [0, 0.1) is 5.92 Å². The van der Waals surface area contributed by atoms with E-state index in [1.807, 2.05) is 6.20 Å². The first-order valence-electron chi connectivity index (χ1n) is 5.72. The van der Waals surface area contributed by atoms with Gasteiger partial charge in [-0.2, -0.15) is 0 Å². The molecule has 0 aromatic carbocycles. The van der Waals surface area contributed by atoms with Crippen LogP contribution in [0.1, 0.15) is 18.9 Å². The van der Waals surface area contributed by atoms with E-state index in [0.29, 0.717) is 5.92 Å². The van der Waals surface area contributed by atoms with Gasteiger partial charge in [-0.05, 0) is 44.0 Å². The first kappa shape index (κ1) is 12.3. The third kappa shape index (κ3) is 5.00. The lowest BCUT2D eigenvalue weighted by molar-refractivity contribution is 0.283. The summed E-state index contributed by atoms with van der Waals surface area (Å²) in [5, 5.41) is 0.